The molecule has 1 aromatic carbocycles. The second-order valence-corrected chi connectivity index (χ2v) is 4.40. The maximum atomic E-state index is 12.2. The molecule has 0 aliphatic heterocycles. The Bertz CT molecular complexity index is 492. The normalized spacial score (nSPS) is 11.4. The van der Waals surface area contributed by atoms with E-state index >= 15 is 0 Å². The number of nitrogens with two attached hydrogens (primary N) is 1. The summed E-state index contributed by atoms with van der Waals surface area (Å²) in [5.41, 5.74) is 5.39. The molecule has 0 aliphatic carbocycles. The van der Waals surface area contributed by atoms with Crippen LogP contribution in [0.5, 0.6) is 0 Å². The van der Waals surface area contributed by atoms with Crippen molar-refractivity contribution in [3.05, 3.63) is 22.7 Å². The van der Waals surface area contributed by atoms with Gasteiger partial charge in [-0.25, -0.2) is 4.79 Å². The molecule has 19 heavy (non-hydrogen) atoms. The first kappa shape index (κ1) is 15.4. The Kier molecular flexibility index (Phi) is 4.52. The van der Waals surface area contributed by atoms with Gasteiger partial charge in [-0.15, -0.1) is 0 Å². The van der Waals surface area contributed by atoms with Crippen LogP contribution in [0.2, 0.25) is 5.02 Å². The Morgan fingerprint density at radius 1 is 1.47 bits per heavy atom. The van der Waals surface area contributed by atoms with Crippen molar-refractivity contribution in [1.29, 1.82) is 0 Å². The molecule has 0 fully saturated rings. The van der Waals surface area contributed by atoms with Crippen molar-refractivity contribution in [2.75, 3.05) is 24.2 Å². The Labute approximate surface area is 112 Å². The molecule has 4 nitrogen and oxygen atoms in total. The quantitative estimate of drug-likeness (QED) is 0.838. The highest BCUT2D eigenvalue weighted by Crippen LogP contribution is 2.33. The number of rotatable bonds is 4. The van der Waals surface area contributed by atoms with E-state index in [-0.39, 0.29) is 22.0 Å². The van der Waals surface area contributed by atoms with Crippen molar-refractivity contribution in [2.24, 2.45) is 0 Å². The van der Waals surface area contributed by atoms with Crippen LogP contribution in [-0.2, 0) is 0 Å². The Balaban J connectivity index is 3.08. The van der Waals surface area contributed by atoms with Gasteiger partial charge in [0.1, 0.15) is 0 Å². The van der Waals surface area contributed by atoms with E-state index in [0.717, 1.165) is 11.0 Å². The minimum atomic E-state index is -4.32. The highest BCUT2D eigenvalue weighted by atomic mass is 35.5. The molecule has 0 spiro atoms. The van der Waals surface area contributed by atoms with Crippen molar-refractivity contribution in [2.45, 2.75) is 12.6 Å². The van der Waals surface area contributed by atoms with E-state index in [1.807, 2.05) is 0 Å². The van der Waals surface area contributed by atoms with Gasteiger partial charge in [0.2, 0.25) is 0 Å². The van der Waals surface area contributed by atoms with E-state index in [1.165, 1.54) is 13.1 Å². The smallest absolute Gasteiger partial charge is 0.390 e. The lowest BCUT2D eigenvalue weighted by molar-refractivity contribution is -0.132. The lowest BCUT2D eigenvalue weighted by atomic mass is 10.1. The van der Waals surface area contributed by atoms with Crippen LogP contribution in [0.4, 0.5) is 24.5 Å². The molecule has 0 saturated heterocycles. The van der Waals surface area contributed by atoms with E-state index in [1.54, 1.807) is 0 Å². The zero-order chi connectivity index (χ0) is 14.8. The average molecular weight is 297 g/mol. The van der Waals surface area contributed by atoms with Gasteiger partial charge >= 0.3 is 12.1 Å². The second kappa shape index (κ2) is 5.56. The summed E-state index contributed by atoms with van der Waals surface area (Å²) in [4.78, 5) is 12.2. The van der Waals surface area contributed by atoms with Crippen LogP contribution in [0.1, 0.15) is 16.8 Å². The molecule has 0 aromatic heterocycles. The molecule has 0 bridgehead atoms. The molecule has 3 N–H and O–H groups in total. The van der Waals surface area contributed by atoms with E-state index in [9.17, 15) is 18.0 Å². The minimum absolute atomic E-state index is 0.00192. The van der Waals surface area contributed by atoms with Crippen molar-refractivity contribution >= 4 is 28.9 Å². The highest BCUT2D eigenvalue weighted by molar-refractivity contribution is 6.34. The molecule has 0 atom stereocenters. The number of benzene rings is 1. The van der Waals surface area contributed by atoms with Crippen molar-refractivity contribution in [3.8, 4) is 0 Å². The Morgan fingerprint density at radius 2 is 2.05 bits per heavy atom. The molecule has 0 radical (unpaired) electrons. The summed E-state index contributed by atoms with van der Waals surface area (Å²) in [6.45, 7) is -0.395. The van der Waals surface area contributed by atoms with Gasteiger partial charge in [0, 0.05) is 19.3 Å². The predicted octanol–water partition coefficient (Wildman–Crippen LogP) is 3.01. The monoisotopic (exact) mass is 296 g/mol. The topological polar surface area (TPSA) is 66.6 Å². The Morgan fingerprint density at radius 3 is 2.53 bits per heavy atom. The van der Waals surface area contributed by atoms with Crippen LogP contribution in [0.15, 0.2) is 12.1 Å². The fourth-order valence-corrected chi connectivity index (χ4v) is 1.95. The lowest BCUT2D eigenvalue weighted by Crippen LogP contribution is -2.26. The molecule has 106 valence electrons. The summed E-state index contributed by atoms with van der Waals surface area (Å²) < 4.78 is 36.5. The number of carboxylic acid groups (broad SMARTS) is 1. The standard InChI is InChI=1S/C11H12ClF3N2O2/c1-17(3-2-11(13,14)15)9-7(10(18)19)4-6(16)5-8(9)12/h4-5H,2-3,16H2,1H3,(H,18,19). The van der Waals surface area contributed by atoms with Gasteiger partial charge in [-0.3, -0.25) is 0 Å². The molecular formula is C11H12ClF3N2O2. The van der Waals surface area contributed by atoms with E-state index in [4.69, 9.17) is 22.4 Å². The maximum absolute atomic E-state index is 12.2. The number of aromatic carboxylic acids is 1. The van der Waals surface area contributed by atoms with Gasteiger partial charge in [-0.05, 0) is 12.1 Å². The van der Waals surface area contributed by atoms with Crippen LogP contribution in [0, 0.1) is 0 Å². The third-order valence-electron chi connectivity index (χ3n) is 2.43. The third-order valence-corrected chi connectivity index (χ3v) is 2.72. The van der Waals surface area contributed by atoms with Gasteiger partial charge in [0.05, 0.1) is 22.7 Å². The number of carboxylic acids is 1. The van der Waals surface area contributed by atoms with Crippen LogP contribution in [0.3, 0.4) is 0 Å². The molecule has 1 rings (SSSR count). The summed E-state index contributed by atoms with van der Waals surface area (Å²) in [6.07, 6.45) is -5.39. The minimum Gasteiger partial charge on any atom is -0.478 e. The number of nitrogen functional groups attached to an aromatic ring is 1. The average Bonchev–Trinajstić information content (AvgIpc) is 2.23. The van der Waals surface area contributed by atoms with Crippen LogP contribution < -0.4 is 10.6 Å². The molecule has 0 unspecified atom stereocenters. The molecule has 0 saturated carbocycles. The van der Waals surface area contributed by atoms with E-state index in [0.29, 0.717) is 0 Å². The first-order chi connectivity index (χ1) is 8.61. The number of alkyl halides is 3. The summed E-state index contributed by atoms with van der Waals surface area (Å²) in [7, 11) is 1.34. The zero-order valence-corrected chi connectivity index (χ0v) is 10.7. The number of hydrogen-bond acceptors (Lipinski definition) is 3. The number of anilines is 2. The fraction of sp³-hybridized carbons (Fsp3) is 0.364. The molecule has 0 heterocycles. The molecule has 1 aromatic rings. The van der Waals surface area contributed by atoms with Crippen molar-refractivity contribution < 1.29 is 23.1 Å². The van der Waals surface area contributed by atoms with Gasteiger partial charge in [-0.2, -0.15) is 13.2 Å². The third kappa shape index (κ3) is 4.20. The fourth-order valence-electron chi connectivity index (χ4n) is 1.58. The SMILES string of the molecule is CN(CCC(F)(F)F)c1c(Cl)cc(N)cc1C(=O)O. The van der Waals surface area contributed by atoms with E-state index < -0.39 is 25.1 Å². The number of halogens is 4. The summed E-state index contributed by atoms with van der Waals surface area (Å²) >= 11 is 5.86. The zero-order valence-electron chi connectivity index (χ0n) is 9.96. The van der Waals surface area contributed by atoms with Gasteiger partial charge < -0.3 is 15.7 Å². The molecule has 8 heteroatoms. The van der Waals surface area contributed by atoms with Crippen molar-refractivity contribution in [1.82, 2.24) is 0 Å². The number of nitrogens with zero attached hydrogens (tertiary/aromatic N) is 1. The lowest BCUT2D eigenvalue weighted by Gasteiger charge is -2.23. The molecular weight excluding hydrogens is 285 g/mol. The maximum Gasteiger partial charge on any atom is 0.390 e. The van der Waals surface area contributed by atoms with E-state index in [2.05, 4.69) is 0 Å². The first-order valence-electron chi connectivity index (χ1n) is 5.22. The Hall–Kier alpha value is -1.63. The summed E-state index contributed by atoms with van der Waals surface area (Å²) in [5, 5.41) is 9.03. The second-order valence-electron chi connectivity index (χ2n) is 3.99. The number of carbonyl (C=O) groups is 1. The van der Waals surface area contributed by atoms with Gasteiger partial charge in [-0.1, -0.05) is 11.6 Å². The van der Waals surface area contributed by atoms with Gasteiger partial charge in [0.25, 0.3) is 0 Å². The predicted molar refractivity (Wildman–Crippen MR) is 66.8 cm³/mol. The van der Waals surface area contributed by atoms with Gasteiger partial charge in [0.15, 0.2) is 0 Å². The van der Waals surface area contributed by atoms with Crippen molar-refractivity contribution in [3.63, 3.8) is 0 Å². The largest absolute Gasteiger partial charge is 0.478 e. The summed E-state index contributed by atoms with van der Waals surface area (Å²) in [5.74, 6) is -1.30. The van der Waals surface area contributed by atoms with Crippen LogP contribution >= 0.6 is 11.6 Å². The molecule has 0 amide bonds. The molecule has 0 aliphatic rings. The highest BCUT2D eigenvalue weighted by Gasteiger charge is 2.28. The van der Waals surface area contributed by atoms with Crippen LogP contribution in [-0.4, -0.2) is 30.8 Å². The summed E-state index contributed by atoms with van der Waals surface area (Å²) in [6, 6.07) is 2.46. The van der Waals surface area contributed by atoms with Crippen LogP contribution in [0.25, 0.3) is 0 Å². The number of hydrogen-bond donors (Lipinski definition) is 2. The first-order valence-corrected chi connectivity index (χ1v) is 5.60.